The van der Waals surface area contributed by atoms with Crippen LogP contribution in [0, 0.1) is 0 Å². The lowest BCUT2D eigenvalue weighted by Gasteiger charge is -2.28. The van der Waals surface area contributed by atoms with Gasteiger partial charge in [-0.2, -0.15) is 0 Å². The molecule has 1 fully saturated rings. The van der Waals surface area contributed by atoms with Gasteiger partial charge in [0.25, 0.3) is 0 Å². The Morgan fingerprint density at radius 2 is 2.04 bits per heavy atom. The highest BCUT2D eigenvalue weighted by molar-refractivity contribution is 6.15. The summed E-state index contributed by atoms with van der Waals surface area (Å²) in [6, 6.07) is 10.1. The number of fused-ring (bicyclic) bond motifs is 1. The highest BCUT2D eigenvalue weighted by atomic mass is 16.5. The first-order chi connectivity index (χ1) is 12.3. The van der Waals surface area contributed by atoms with Gasteiger partial charge in [0.1, 0.15) is 18.2 Å². The Morgan fingerprint density at radius 3 is 2.88 bits per heavy atom. The Kier molecular flexibility index (Phi) is 4.63. The van der Waals surface area contributed by atoms with E-state index in [1.807, 2.05) is 30.5 Å². The summed E-state index contributed by atoms with van der Waals surface area (Å²) in [6.45, 7) is 4.17. The number of pyridine rings is 1. The molecule has 1 saturated heterocycles. The van der Waals surface area contributed by atoms with Crippen LogP contribution in [0.3, 0.4) is 0 Å². The lowest BCUT2D eigenvalue weighted by Crippen LogP contribution is -2.36. The van der Waals surface area contributed by atoms with Gasteiger partial charge in [0.15, 0.2) is 0 Å². The van der Waals surface area contributed by atoms with Crippen molar-refractivity contribution in [2.75, 3.05) is 44.4 Å². The van der Waals surface area contributed by atoms with E-state index < -0.39 is 0 Å². The van der Waals surface area contributed by atoms with Crippen molar-refractivity contribution in [3.8, 4) is 5.75 Å². The molecule has 1 aromatic carbocycles. The number of aromatic nitrogens is 1. The van der Waals surface area contributed by atoms with Gasteiger partial charge in [-0.15, -0.1) is 0 Å². The fourth-order valence-corrected chi connectivity index (χ4v) is 3.19. The molecule has 130 valence electrons. The number of anilines is 1. The number of aliphatic imine (C=N–C) groups is 1. The van der Waals surface area contributed by atoms with Crippen LogP contribution < -0.4 is 9.64 Å². The largest absolute Gasteiger partial charge is 0.491 e. The molecule has 2 aliphatic heterocycles. The molecule has 2 aromatic rings. The van der Waals surface area contributed by atoms with Crippen molar-refractivity contribution in [2.24, 2.45) is 4.99 Å². The van der Waals surface area contributed by atoms with Crippen LogP contribution in [0.15, 0.2) is 41.5 Å². The molecular formula is C19H21N3O3. The molecule has 0 spiro atoms. The summed E-state index contributed by atoms with van der Waals surface area (Å²) in [5.41, 5.74) is 4.32. The Bertz CT molecular complexity index is 785. The predicted octanol–water partition coefficient (Wildman–Crippen LogP) is 1.64. The second kappa shape index (κ2) is 7.21. The molecule has 0 saturated carbocycles. The van der Waals surface area contributed by atoms with E-state index in [2.05, 4.69) is 16.0 Å². The summed E-state index contributed by atoms with van der Waals surface area (Å²) < 4.78 is 11.0. The number of nitrogens with zero attached hydrogens (tertiary/aromatic N) is 3. The van der Waals surface area contributed by atoms with E-state index in [1.54, 1.807) is 0 Å². The third-order valence-corrected chi connectivity index (χ3v) is 4.46. The fraction of sp³-hybridized carbons (Fsp3) is 0.368. The van der Waals surface area contributed by atoms with Gasteiger partial charge < -0.3 is 19.5 Å². The quantitative estimate of drug-likeness (QED) is 0.897. The van der Waals surface area contributed by atoms with Gasteiger partial charge in [0, 0.05) is 30.4 Å². The predicted molar refractivity (Wildman–Crippen MR) is 95.6 cm³/mol. The normalized spacial score (nSPS) is 16.5. The monoisotopic (exact) mass is 339 g/mol. The van der Waals surface area contributed by atoms with Crippen LogP contribution in [-0.4, -0.2) is 55.3 Å². The number of hydrogen-bond donors (Lipinski definition) is 1. The van der Waals surface area contributed by atoms with Crippen molar-refractivity contribution in [3.63, 3.8) is 0 Å². The SMILES string of the molecule is OCCOc1ccc2c(c1)C(c1ccnc(N3CCOCC3)c1)=NC2. The molecular weight excluding hydrogens is 318 g/mol. The maximum absolute atomic E-state index is 8.94. The molecule has 0 aliphatic carbocycles. The van der Waals surface area contributed by atoms with Gasteiger partial charge in [-0.25, -0.2) is 4.98 Å². The second-order valence-electron chi connectivity index (χ2n) is 6.06. The van der Waals surface area contributed by atoms with Crippen molar-refractivity contribution in [1.29, 1.82) is 0 Å². The smallest absolute Gasteiger partial charge is 0.129 e. The van der Waals surface area contributed by atoms with Crippen molar-refractivity contribution in [1.82, 2.24) is 4.98 Å². The number of rotatable bonds is 5. The molecule has 0 bridgehead atoms. The Labute approximate surface area is 146 Å². The minimum atomic E-state index is 0.00525. The molecule has 2 aliphatic rings. The molecule has 6 heteroatoms. The van der Waals surface area contributed by atoms with E-state index >= 15 is 0 Å². The zero-order chi connectivity index (χ0) is 17.1. The lowest BCUT2D eigenvalue weighted by molar-refractivity contribution is 0.122. The van der Waals surface area contributed by atoms with E-state index in [1.165, 1.54) is 5.56 Å². The molecule has 6 nitrogen and oxygen atoms in total. The second-order valence-corrected chi connectivity index (χ2v) is 6.06. The summed E-state index contributed by atoms with van der Waals surface area (Å²) in [4.78, 5) is 11.5. The number of morpholine rings is 1. The molecule has 0 radical (unpaired) electrons. The molecule has 25 heavy (non-hydrogen) atoms. The summed E-state index contributed by atoms with van der Waals surface area (Å²) in [7, 11) is 0. The molecule has 1 N–H and O–H groups in total. The van der Waals surface area contributed by atoms with Gasteiger partial charge in [0.2, 0.25) is 0 Å². The number of benzene rings is 1. The minimum absolute atomic E-state index is 0.00525. The molecule has 4 rings (SSSR count). The third-order valence-electron chi connectivity index (χ3n) is 4.46. The van der Waals surface area contributed by atoms with Crippen molar-refractivity contribution < 1.29 is 14.6 Å². The van der Waals surface area contributed by atoms with Crippen LogP contribution in [0.5, 0.6) is 5.75 Å². The lowest BCUT2D eigenvalue weighted by atomic mass is 10.0. The van der Waals surface area contributed by atoms with Gasteiger partial charge in [0.05, 0.1) is 32.1 Å². The van der Waals surface area contributed by atoms with E-state index in [4.69, 9.17) is 19.6 Å². The maximum atomic E-state index is 8.94. The van der Waals surface area contributed by atoms with Crippen molar-refractivity contribution in [2.45, 2.75) is 6.54 Å². The Morgan fingerprint density at radius 1 is 1.16 bits per heavy atom. The maximum Gasteiger partial charge on any atom is 0.129 e. The van der Waals surface area contributed by atoms with Gasteiger partial charge in [-0.1, -0.05) is 6.07 Å². The average Bonchev–Trinajstić information content (AvgIpc) is 3.10. The Hall–Kier alpha value is -2.44. The number of aliphatic hydroxyl groups is 1. The number of ether oxygens (including phenoxy) is 2. The number of hydrogen-bond acceptors (Lipinski definition) is 6. The van der Waals surface area contributed by atoms with Gasteiger partial charge in [-0.05, 0) is 29.8 Å². The van der Waals surface area contributed by atoms with Crippen LogP contribution in [0.25, 0.3) is 0 Å². The number of aliphatic hydroxyl groups excluding tert-OH is 1. The van der Waals surface area contributed by atoms with E-state index in [0.717, 1.165) is 54.7 Å². The minimum Gasteiger partial charge on any atom is -0.491 e. The average molecular weight is 339 g/mol. The van der Waals surface area contributed by atoms with E-state index in [0.29, 0.717) is 13.2 Å². The fourth-order valence-electron chi connectivity index (χ4n) is 3.19. The molecule has 0 unspecified atom stereocenters. The van der Waals surface area contributed by atoms with Crippen molar-refractivity contribution in [3.05, 3.63) is 53.2 Å². The van der Waals surface area contributed by atoms with Crippen LogP contribution in [0.2, 0.25) is 0 Å². The van der Waals surface area contributed by atoms with Crippen molar-refractivity contribution >= 4 is 11.5 Å². The van der Waals surface area contributed by atoms with Crippen LogP contribution in [0.4, 0.5) is 5.82 Å². The zero-order valence-electron chi connectivity index (χ0n) is 14.0. The van der Waals surface area contributed by atoms with Crippen LogP contribution in [-0.2, 0) is 11.3 Å². The third kappa shape index (κ3) is 3.36. The van der Waals surface area contributed by atoms with Crippen LogP contribution >= 0.6 is 0 Å². The van der Waals surface area contributed by atoms with E-state index in [-0.39, 0.29) is 6.61 Å². The highest BCUT2D eigenvalue weighted by Crippen LogP contribution is 2.28. The molecule has 0 atom stereocenters. The molecule has 0 amide bonds. The molecule has 1 aromatic heterocycles. The Balaban J connectivity index is 1.61. The highest BCUT2D eigenvalue weighted by Gasteiger charge is 2.20. The van der Waals surface area contributed by atoms with Crippen LogP contribution in [0.1, 0.15) is 16.7 Å². The van der Waals surface area contributed by atoms with Gasteiger partial charge in [-0.3, -0.25) is 4.99 Å². The topological polar surface area (TPSA) is 67.2 Å². The zero-order valence-corrected chi connectivity index (χ0v) is 14.0. The van der Waals surface area contributed by atoms with Gasteiger partial charge >= 0.3 is 0 Å². The summed E-state index contributed by atoms with van der Waals surface area (Å²) in [5, 5.41) is 8.94. The summed E-state index contributed by atoms with van der Waals surface area (Å²) >= 11 is 0. The first-order valence-electron chi connectivity index (χ1n) is 8.56. The summed E-state index contributed by atoms with van der Waals surface area (Å²) in [5.74, 6) is 1.72. The first-order valence-corrected chi connectivity index (χ1v) is 8.56. The summed E-state index contributed by atoms with van der Waals surface area (Å²) in [6.07, 6.45) is 1.84. The molecule has 3 heterocycles. The standard InChI is InChI=1S/C19H21N3O3/c23-7-10-25-16-2-1-15-13-21-19(17(15)12-16)14-3-4-20-18(11-14)22-5-8-24-9-6-22/h1-4,11-12,23H,5-10,13H2. The van der Waals surface area contributed by atoms with E-state index in [9.17, 15) is 0 Å². The first kappa shape index (κ1) is 16.1.